The van der Waals surface area contributed by atoms with Crippen molar-refractivity contribution < 1.29 is 6.19 Å². The molecule has 0 aromatic heterocycles. The molecule has 0 radical (unpaired) electrons. The summed E-state index contributed by atoms with van der Waals surface area (Å²) in [6.07, 6.45) is 23.9. The summed E-state index contributed by atoms with van der Waals surface area (Å²) < 4.78 is 36.5. The third kappa shape index (κ3) is 20.8. The van der Waals surface area contributed by atoms with Crippen LogP contribution in [-0.2, 0) is 6.19 Å². The third-order valence-corrected chi connectivity index (χ3v) is 69.4. The van der Waals surface area contributed by atoms with Crippen LogP contribution in [0.4, 0.5) is 0 Å². The monoisotopic (exact) mass is 996 g/mol. The summed E-state index contributed by atoms with van der Waals surface area (Å²) in [6, 6.07) is 0. The second kappa shape index (κ2) is 29.7. The SMILES string of the molecule is CCC[CH2][Sn]([CH2]CCC)([CH2]CCC)[O][As]([O][Sn]([CH2]CCC)([CH2]CCC)[CH2]CCC)[O][Sn]([CH2]CCC)([CH2]CCC)[CH2]CCC. The van der Waals surface area contributed by atoms with Gasteiger partial charge in [-0.25, -0.2) is 0 Å². The Kier molecular flexibility index (Phi) is 31.7. The number of unbranched alkanes of at least 4 members (excludes halogenated alkanes) is 9. The minimum absolute atomic E-state index is 1.30. The molecule has 0 atom stereocenters. The van der Waals surface area contributed by atoms with Gasteiger partial charge in [0, 0.05) is 0 Å². The van der Waals surface area contributed by atoms with E-state index in [0.29, 0.717) is 0 Å². The van der Waals surface area contributed by atoms with Crippen molar-refractivity contribution in [3.05, 3.63) is 0 Å². The van der Waals surface area contributed by atoms with Gasteiger partial charge in [-0.1, -0.05) is 0 Å². The summed E-state index contributed by atoms with van der Waals surface area (Å²) in [5.41, 5.74) is 0. The van der Waals surface area contributed by atoms with Gasteiger partial charge in [-0.3, -0.25) is 0 Å². The van der Waals surface area contributed by atoms with E-state index in [2.05, 4.69) is 62.3 Å². The molecule has 0 unspecified atom stereocenters. The molecule has 0 aliphatic heterocycles. The van der Waals surface area contributed by atoms with E-state index in [1.165, 1.54) is 156 Å². The Labute approximate surface area is 292 Å². The van der Waals surface area contributed by atoms with Crippen molar-refractivity contribution in [2.24, 2.45) is 0 Å². The maximum atomic E-state index is 7.95. The molecule has 0 aromatic carbocycles. The molecule has 0 fully saturated rings. The van der Waals surface area contributed by atoms with Crippen LogP contribution in [0.1, 0.15) is 178 Å². The Morgan fingerprint density at radius 1 is 0.279 bits per heavy atom. The van der Waals surface area contributed by atoms with Crippen LogP contribution in [0.15, 0.2) is 0 Å². The van der Waals surface area contributed by atoms with Gasteiger partial charge in [-0.2, -0.15) is 0 Å². The fourth-order valence-corrected chi connectivity index (χ4v) is 81.6. The molecule has 3 nitrogen and oxygen atoms in total. The molecular formula is C36H81AsO3Sn3. The topological polar surface area (TPSA) is 27.7 Å². The maximum absolute atomic E-state index is 7.95. The van der Waals surface area contributed by atoms with Gasteiger partial charge in [-0.15, -0.1) is 0 Å². The van der Waals surface area contributed by atoms with Crippen LogP contribution in [0.25, 0.3) is 0 Å². The van der Waals surface area contributed by atoms with Gasteiger partial charge < -0.3 is 0 Å². The summed E-state index contributed by atoms with van der Waals surface area (Å²) >= 11 is -11.0. The second-order valence-electron chi connectivity index (χ2n) is 14.0. The Bertz CT molecular complexity index is 464. The standard InChI is InChI=1S/9C4H9.AsO3.3Sn/c9*1-3-4-2;2-1(3)4;;;/h9*1,3-4H2,2H3;;;;/q;;;;;;;;;-3;3*+1. The summed E-state index contributed by atoms with van der Waals surface area (Å²) in [7, 11) is 0. The van der Waals surface area contributed by atoms with E-state index in [1.807, 2.05) is 0 Å². The van der Waals surface area contributed by atoms with Crippen LogP contribution in [0.5, 0.6) is 0 Å². The van der Waals surface area contributed by atoms with Crippen molar-refractivity contribution >= 4 is 72.0 Å². The normalized spacial score (nSPS) is 13.0. The molecule has 0 heterocycles. The Balaban J connectivity index is 6.97. The van der Waals surface area contributed by atoms with Crippen LogP contribution in [0.3, 0.4) is 0 Å². The predicted octanol–water partition coefficient (Wildman–Crippen LogP) is 14.1. The van der Waals surface area contributed by atoms with Gasteiger partial charge in [0.05, 0.1) is 0 Å². The average molecular weight is 993 g/mol. The van der Waals surface area contributed by atoms with Crippen LogP contribution in [0.2, 0.25) is 39.9 Å². The zero-order chi connectivity index (χ0) is 32.3. The van der Waals surface area contributed by atoms with Gasteiger partial charge in [0.15, 0.2) is 0 Å². The first-order chi connectivity index (χ1) is 20.8. The first kappa shape index (κ1) is 45.8. The molecule has 0 bridgehead atoms. The first-order valence-electron chi connectivity index (χ1n) is 19.7. The van der Waals surface area contributed by atoms with E-state index in [9.17, 15) is 0 Å². The molecule has 0 spiro atoms. The van der Waals surface area contributed by atoms with Crippen molar-refractivity contribution in [3.8, 4) is 0 Å². The van der Waals surface area contributed by atoms with E-state index in [1.54, 1.807) is 0 Å². The molecule has 0 aliphatic rings. The van der Waals surface area contributed by atoms with E-state index < -0.39 is 72.0 Å². The van der Waals surface area contributed by atoms with E-state index in [-0.39, 0.29) is 0 Å². The molecular weight excluding hydrogens is 911 g/mol. The second-order valence-corrected chi connectivity index (χ2v) is 57.3. The fourth-order valence-electron chi connectivity index (χ4n) is 6.56. The zero-order valence-corrected chi connectivity index (χ0v) is 41.7. The number of hydrogen-bond acceptors (Lipinski definition) is 3. The summed E-state index contributed by atoms with van der Waals surface area (Å²) in [6.45, 7) is 21.5. The zero-order valence-electron chi connectivity index (χ0n) is 31.3. The molecule has 0 rings (SSSR count). The molecule has 43 heavy (non-hydrogen) atoms. The molecule has 0 aliphatic carbocycles. The molecule has 0 N–H and O–H groups in total. The van der Waals surface area contributed by atoms with Crippen molar-refractivity contribution in [1.29, 1.82) is 0 Å². The van der Waals surface area contributed by atoms with Crippen LogP contribution in [0, 0.1) is 0 Å². The molecule has 0 amide bonds. The van der Waals surface area contributed by atoms with Crippen molar-refractivity contribution in [3.63, 3.8) is 0 Å². The van der Waals surface area contributed by atoms with Gasteiger partial charge in [-0.05, 0) is 0 Å². The Morgan fingerprint density at radius 2 is 0.419 bits per heavy atom. The predicted molar refractivity (Wildman–Crippen MR) is 204 cm³/mol. The van der Waals surface area contributed by atoms with Gasteiger partial charge in [0.25, 0.3) is 0 Å². The van der Waals surface area contributed by atoms with Crippen LogP contribution < -0.4 is 0 Å². The molecule has 260 valence electrons. The summed E-state index contributed by atoms with van der Waals surface area (Å²) in [4.78, 5) is 0. The van der Waals surface area contributed by atoms with Crippen LogP contribution in [-0.4, -0.2) is 72.0 Å². The van der Waals surface area contributed by atoms with E-state index >= 15 is 0 Å². The van der Waals surface area contributed by atoms with Crippen LogP contribution >= 0.6 is 0 Å². The molecule has 7 heteroatoms. The summed E-state index contributed by atoms with van der Waals surface area (Å²) in [5, 5.41) is 0. The minimum atomic E-state index is -2.90. The van der Waals surface area contributed by atoms with Crippen molar-refractivity contribution in [2.75, 3.05) is 0 Å². The fraction of sp³-hybridized carbons (Fsp3) is 1.00. The first-order valence-corrected chi connectivity index (χ1v) is 43.7. The molecule has 0 saturated carbocycles. The third-order valence-electron chi connectivity index (χ3n) is 9.68. The Hall–Kier alpha value is 2.83. The molecule has 0 saturated heterocycles. The number of rotatable bonds is 33. The molecule has 0 aromatic rings. The quantitative estimate of drug-likeness (QED) is 0.0613. The van der Waals surface area contributed by atoms with Gasteiger partial charge >= 0.3 is 296 Å². The Morgan fingerprint density at radius 3 is 0.535 bits per heavy atom. The van der Waals surface area contributed by atoms with Gasteiger partial charge in [0.1, 0.15) is 0 Å². The van der Waals surface area contributed by atoms with Gasteiger partial charge in [0.2, 0.25) is 0 Å². The van der Waals surface area contributed by atoms with E-state index in [0.717, 1.165) is 0 Å². The number of hydrogen-bond donors (Lipinski definition) is 0. The van der Waals surface area contributed by atoms with Crippen molar-refractivity contribution in [2.45, 2.75) is 218 Å². The van der Waals surface area contributed by atoms with E-state index in [4.69, 9.17) is 6.19 Å². The summed E-state index contributed by atoms with van der Waals surface area (Å²) in [5.74, 6) is 0. The van der Waals surface area contributed by atoms with Crippen molar-refractivity contribution in [1.82, 2.24) is 0 Å². The average Bonchev–Trinajstić information content (AvgIpc) is 3.02.